The van der Waals surface area contributed by atoms with Gasteiger partial charge in [0.15, 0.2) is 0 Å². The number of aryl methyl sites for hydroxylation is 1. The molecule has 3 heteroatoms. The van der Waals surface area contributed by atoms with Gasteiger partial charge in [0.2, 0.25) is 5.91 Å². The molecule has 0 unspecified atom stereocenters. The van der Waals surface area contributed by atoms with Crippen LogP contribution in [0.2, 0.25) is 0 Å². The average Bonchev–Trinajstić information content (AvgIpc) is 2.41. The minimum absolute atomic E-state index is 0.200. The largest absolute Gasteiger partial charge is 0.359 e. The maximum Gasteiger partial charge on any atom is 0.222 e. The number of carbonyl (C=O) groups is 1. The molecule has 1 saturated heterocycles. The highest BCUT2D eigenvalue weighted by molar-refractivity contribution is 5.78. The maximum atomic E-state index is 11.6. The van der Waals surface area contributed by atoms with Gasteiger partial charge in [-0.15, -0.1) is 0 Å². The van der Waals surface area contributed by atoms with E-state index in [9.17, 15) is 4.79 Å². The standard InChI is InChI=1S/C15H22N2O/c1-12-5-3-4-6-14(12)11-17-9-7-13(8-10-17)15(18)16-2/h3-6,13H,7-11H2,1-2H3,(H,16,18). The van der Waals surface area contributed by atoms with Gasteiger partial charge in [-0.25, -0.2) is 0 Å². The van der Waals surface area contributed by atoms with Crippen molar-refractivity contribution >= 4 is 5.91 Å². The van der Waals surface area contributed by atoms with Crippen LogP contribution in [-0.4, -0.2) is 30.9 Å². The summed E-state index contributed by atoms with van der Waals surface area (Å²) in [4.78, 5) is 14.0. The number of piperidine rings is 1. The first kappa shape index (κ1) is 13.1. The van der Waals surface area contributed by atoms with Crippen LogP contribution in [0.5, 0.6) is 0 Å². The fourth-order valence-corrected chi connectivity index (χ4v) is 2.59. The zero-order chi connectivity index (χ0) is 13.0. The van der Waals surface area contributed by atoms with Crippen molar-refractivity contribution in [2.75, 3.05) is 20.1 Å². The van der Waals surface area contributed by atoms with Crippen molar-refractivity contribution in [1.29, 1.82) is 0 Å². The zero-order valence-corrected chi connectivity index (χ0v) is 11.3. The van der Waals surface area contributed by atoms with Crippen LogP contribution >= 0.6 is 0 Å². The summed E-state index contributed by atoms with van der Waals surface area (Å²) >= 11 is 0. The van der Waals surface area contributed by atoms with Crippen LogP contribution in [0.4, 0.5) is 0 Å². The van der Waals surface area contributed by atoms with Crippen LogP contribution in [-0.2, 0) is 11.3 Å². The van der Waals surface area contributed by atoms with Gasteiger partial charge in [-0.2, -0.15) is 0 Å². The van der Waals surface area contributed by atoms with Crippen molar-refractivity contribution in [3.05, 3.63) is 35.4 Å². The van der Waals surface area contributed by atoms with Crippen LogP contribution in [0.3, 0.4) is 0 Å². The summed E-state index contributed by atoms with van der Waals surface area (Å²) < 4.78 is 0. The quantitative estimate of drug-likeness (QED) is 0.884. The molecule has 0 spiro atoms. The van der Waals surface area contributed by atoms with Crippen molar-refractivity contribution in [3.8, 4) is 0 Å². The van der Waals surface area contributed by atoms with E-state index in [1.165, 1.54) is 11.1 Å². The Bertz CT molecular complexity index is 409. The molecule has 0 radical (unpaired) electrons. The second-order valence-electron chi connectivity index (χ2n) is 5.09. The molecule has 1 aliphatic heterocycles. The maximum absolute atomic E-state index is 11.6. The van der Waals surface area contributed by atoms with Gasteiger partial charge in [0, 0.05) is 19.5 Å². The molecule has 98 valence electrons. The van der Waals surface area contributed by atoms with Gasteiger partial charge in [-0.05, 0) is 44.0 Å². The van der Waals surface area contributed by atoms with E-state index < -0.39 is 0 Å². The molecule has 1 heterocycles. The minimum Gasteiger partial charge on any atom is -0.359 e. The van der Waals surface area contributed by atoms with E-state index >= 15 is 0 Å². The smallest absolute Gasteiger partial charge is 0.222 e. The van der Waals surface area contributed by atoms with Crippen LogP contribution in [0.15, 0.2) is 24.3 Å². The molecule has 1 aromatic rings. The second-order valence-corrected chi connectivity index (χ2v) is 5.09. The van der Waals surface area contributed by atoms with Gasteiger partial charge >= 0.3 is 0 Å². The lowest BCUT2D eigenvalue weighted by Gasteiger charge is -2.31. The van der Waals surface area contributed by atoms with Gasteiger partial charge in [0.25, 0.3) is 0 Å². The SMILES string of the molecule is CNC(=O)C1CCN(Cc2ccccc2C)CC1. The van der Waals surface area contributed by atoms with E-state index in [0.29, 0.717) is 0 Å². The van der Waals surface area contributed by atoms with E-state index in [1.54, 1.807) is 7.05 Å². The number of hydrogen-bond donors (Lipinski definition) is 1. The molecule has 0 aromatic heterocycles. The summed E-state index contributed by atoms with van der Waals surface area (Å²) in [5.74, 6) is 0.411. The molecule has 0 atom stereocenters. The molecule has 18 heavy (non-hydrogen) atoms. The number of nitrogens with one attached hydrogen (secondary N) is 1. The first-order valence-corrected chi connectivity index (χ1v) is 6.69. The van der Waals surface area contributed by atoms with Gasteiger partial charge in [0.1, 0.15) is 0 Å². The van der Waals surface area contributed by atoms with Crippen LogP contribution in [0, 0.1) is 12.8 Å². The first-order valence-electron chi connectivity index (χ1n) is 6.69. The van der Waals surface area contributed by atoms with Crippen LogP contribution in [0.1, 0.15) is 24.0 Å². The van der Waals surface area contributed by atoms with Crippen LogP contribution in [0.25, 0.3) is 0 Å². The molecule has 1 amide bonds. The summed E-state index contributed by atoms with van der Waals surface area (Å²) in [5, 5.41) is 2.75. The van der Waals surface area contributed by atoms with Crippen molar-refractivity contribution < 1.29 is 4.79 Å². The molecule has 3 nitrogen and oxygen atoms in total. The third-order valence-electron chi connectivity index (χ3n) is 3.86. The monoisotopic (exact) mass is 246 g/mol. The zero-order valence-electron chi connectivity index (χ0n) is 11.3. The third kappa shape index (κ3) is 3.10. The highest BCUT2D eigenvalue weighted by atomic mass is 16.1. The number of likely N-dealkylation sites (tertiary alicyclic amines) is 1. The number of nitrogens with zero attached hydrogens (tertiary/aromatic N) is 1. The van der Waals surface area contributed by atoms with Gasteiger partial charge in [0.05, 0.1) is 0 Å². The van der Waals surface area contributed by atoms with E-state index in [-0.39, 0.29) is 11.8 Å². The van der Waals surface area contributed by atoms with Gasteiger partial charge in [-0.1, -0.05) is 24.3 Å². The topological polar surface area (TPSA) is 32.3 Å². The Morgan fingerprint density at radius 1 is 1.33 bits per heavy atom. The first-order chi connectivity index (χ1) is 8.70. The molecule has 0 aliphatic carbocycles. The number of amides is 1. The molecular weight excluding hydrogens is 224 g/mol. The predicted octanol–water partition coefficient (Wildman–Crippen LogP) is 1.95. The Kier molecular flexibility index (Phi) is 4.37. The molecule has 1 aliphatic rings. The summed E-state index contributed by atoms with van der Waals surface area (Å²) in [7, 11) is 1.72. The molecular formula is C15H22N2O. The van der Waals surface area contributed by atoms with Crippen molar-refractivity contribution in [2.45, 2.75) is 26.3 Å². The third-order valence-corrected chi connectivity index (χ3v) is 3.86. The molecule has 1 fully saturated rings. The molecule has 1 aromatic carbocycles. The summed E-state index contributed by atoms with van der Waals surface area (Å²) in [6.45, 7) is 5.21. The normalized spacial score (nSPS) is 17.7. The minimum atomic E-state index is 0.200. The number of hydrogen-bond acceptors (Lipinski definition) is 2. The molecule has 1 N–H and O–H groups in total. The molecule has 2 rings (SSSR count). The van der Waals surface area contributed by atoms with Gasteiger partial charge < -0.3 is 5.32 Å². The highest BCUT2D eigenvalue weighted by Gasteiger charge is 2.24. The van der Waals surface area contributed by atoms with Crippen LogP contribution < -0.4 is 5.32 Å². The Morgan fingerprint density at radius 2 is 2.00 bits per heavy atom. The summed E-state index contributed by atoms with van der Waals surface area (Å²) in [5.41, 5.74) is 2.75. The fraction of sp³-hybridized carbons (Fsp3) is 0.533. The molecule has 0 saturated carbocycles. The Labute approximate surface area is 109 Å². The highest BCUT2D eigenvalue weighted by Crippen LogP contribution is 2.20. The van der Waals surface area contributed by atoms with E-state index in [4.69, 9.17) is 0 Å². The van der Waals surface area contributed by atoms with E-state index in [1.807, 2.05) is 0 Å². The summed E-state index contributed by atoms with van der Waals surface area (Å²) in [6.07, 6.45) is 1.96. The Hall–Kier alpha value is -1.35. The van der Waals surface area contributed by atoms with E-state index in [2.05, 4.69) is 41.4 Å². The number of rotatable bonds is 3. The fourth-order valence-electron chi connectivity index (χ4n) is 2.59. The average molecular weight is 246 g/mol. The van der Waals surface area contributed by atoms with Crippen molar-refractivity contribution in [2.24, 2.45) is 5.92 Å². The molecule has 0 bridgehead atoms. The van der Waals surface area contributed by atoms with E-state index in [0.717, 1.165) is 32.5 Å². The lowest BCUT2D eigenvalue weighted by Crippen LogP contribution is -2.39. The predicted molar refractivity (Wildman–Crippen MR) is 73.2 cm³/mol. The second kappa shape index (κ2) is 6.01. The Balaban J connectivity index is 1.87. The Morgan fingerprint density at radius 3 is 2.61 bits per heavy atom. The van der Waals surface area contributed by atoms with Crippen molar-refractivity contribution in [1.82, 2.24) is 10.2 Å². The number of benzene rings is 1. The van der Waals surface area contributed by atoms with Gasteiger partial charge in [-0.3, -0.25) is 9.69 Å². The summed E-state index contributed by atoms with van der Waals surface area (Å²) in [6, 6.07) is 8.53. The lowest BCUT2D eigenvalue weighted by atomic mass is 9.95. The number of carbonyl (C=O) groups excluding carboxylic acids is 1. The van der Waals surface area contributed by atoms with Crippen molar-refractivity contribution in [3.63, 3.8) is 0 Å². The lowest BCUT2D eigenvalue weighted by molar-refractivity contribution is -0.125.